The third-order valence-corrected chi connectivity index (χ3v) is 3.81. The normalized spacial score (nSPS) is 30.6. The van der Waals surface area contributed by atoms with Gasteiger partial charge < -0.3 is 5.32 Å². The van der Waals surface area contributed by atoms with Crippen molar-refractivity contribution in [3.05, 3.63) is 22.4 Å². The van der Waals surface area contributed by atoms with E-state index in [2.05, 4.69) is 41.7 Å². The molecule has 0 radical (unpaired) electrons. The smallest absolute Gasteiger partial charge is 0.0566 e. The predicted octanol–water partition coefficient (Wildman–Crippen LogP) is 1.71. The van der Waals surface area contributed by atoms with Gasteiger partial charge in [-0.25, -0.2) is 0 Å². The first-order chi connectivity index (χ1) is 6.29. The molecule has 0 aromatic carbocycles. The number of thiophene rings is 1. The fourth-order valence-corrected chi connectivity index (χ4v) is 2.68. The standard InChI is InChI=1S/C10H16N2S/c1-8-6-11-7-9(12(8)2)10-4-3-5-13-10/h3-5,8-9,11H,6-7H2,1-2H3/t8-,9?/m0/s1. The van der Waals surface area contributed by atoms with E-state index in [4.69, 9.17) is 0 Å². The Bertz CT molecular complexity index is 258. The molecule has 1 unspecified atom stereocenters. The van der Waals surface area contributed by atoms with Gasteiger partial charge in [0.2, 0.25) is 0 Å². The van der Waals surface area contributed by atoms with Gasteiger partial charge in [0, 0.05) is 24.0 Å². The molecule has 1 aliphatic heterocycles. The van der Waals surface area contributed by atoms with Crippen LogP contribution in [0.4, 0.5) is 0 Å². The van der Waals surface area contributed by atoms with Gasteiger partial charge in [-0.3, -0.25) is 4.90 Å². The summed E-state index contributed by atoms with van der Waals surface area (Å²) in [5.41, 5.74) is 0. The van der Waals surface area contributed by atoms with Crippen LogP contribution in [0.15, 0.2) is 17.5 Å². The highest BCUT2D eigenvalue weighted by atomic mass is 32.1. The molecule has 13 heavy (non-hydrogen) atoms. The minimum absolute atomic E-state index is 0.573. The largest absolute Gasteiger partial charge is 0.313 e. The lowest BCUT2D eigenvalue weighted by Crippen LogP contribution is -2.49. The molecule has 0 bridgehead atoms. The quantitative estimate of drug-likeness (QED) is 0.735. The van der Waals surface area contributed by atoms with Crippen molar-refractivity contribution in [1.29, 1.82) is 0 Å². The maximum Gasteiger partial charge on any atom is 0.0566 e. The van der Waals surface area contributed by atoms with Crippen molar-refractivity contribution >= 4 is 11.3 Å². The van der Waals surface area contributed by atoms with Crippen LogP contribution in [0.2, 0.25) is 0 Å². The van der Waals surface area contributed by atoms with Gasteiger partial charge in [0.05, 0.1) is 6.04 Å². The summed E-state index contributed by atoms with van der Waals surface area (Å²) in [6.45, 7) is 4.46. The van der Waals surface area contributed by atoms with Crippen LogP contribution >= 0.6 is 11.3 Å². The number of hydrogen-bond donors (Lipinski definition) is 1. The number of rotatable bonds is 1. The van der Waals surface area contributed by atoms with Gasteiger partial charge in [-0.2, -0.15) is 0 Å². The Morgan fingerprint density at radius 3 is 3.08 bits per heavy atom. The molecule has 1 aromatic rings. The van der Waals surface area contributed by atoms with Crippen molar-refractivity contribution in [3.8, 4) is 0 Å². The van der Waals surface area contributed by atoms with Gasteiger partial charge in [-0.15, -0.1) is 11.3 Å². The third kappa shape index (κ3) is 1.77. The van der Waals surface area contributed by atoms with Crippen LogP contribution in [0, 0.1) is 0 Å². The van der Waals surface area contributed by atoms with Gasteiger partial charge >= 0.3 is 0 Å². The monoisotopic (exact) mass is 196 g/mol. The Kier molecular flexibility index (Phi) is 2.67. The summed E-state index contributed by atoms with van der Waals surface area (Å²) >= 11 is 1.85. The molecule has 2 rings (SSSR count). The summed E-state index contributed by atoms with van der Waals surface area (Å²) in [5, 5.41) is 5.62. The topological polar surface area (TPSA) is 15.3 Å². The second-order valence-corrected chi connectivity index (χ2v) is 4.68. The first-order valence-electron chi connectivity index (χ1n) is 4.75. The minimum atomic E-state index is 0.573. The molecular weight excluding hydrogens is 180 g/mol. The van der Waals surface area contributed by atoms with Crippen molar-refractivity contribution in [1.82, 2.24) is 10.2 Å². The zero-order chi connectivity index (χ0) is 9.26. The van der Waals surface area contributed by atoms with E-state index in [9.17, 15) is 0 Å². The molecule has 3 heteroatoms. The molecule has 2 atom stereocenters. The second-order valence-electron chi connectivity index (χ2n) is 3.70. The highest BCUT2D eigenvalue weighted by Gasteiger charge is 2.25. The van der Waals surface area contributed by atoms with E-state index < -0.39 is 0 Å². The molecular formula is C10H16N2S. The van der Waals surface area contributed by atoms with Gasteiger partial charge in [-0.1, -0.05) is 6.07 Å². The molecule has 72 valence electrons. The minimum Gasteiger partial charge on any atom is -0.313 e. The maximum absolute atomic E-state index is 3.47. The first-order valence-corrected chi connectivity index (χ1v) is 5.63. The van der Waals surface area contributed by atoms with E-state index in [0.29, 0.717) is 12.1 Å². The molecule has 0 aliphatic carbocycles. The zero-order valence-corrected chi connectivity index (χ0v) is 8.97. The lowest BCUT2D eigenvalue weighted by atomic mass is 10.1. The van der Waals surface area contributed by atoms with Gasteiger partial charge in [0.25, 0.3) is 0 Å². The average molecular weight is 196 g/mol. The van der Waals surface area contributed by atoms with E-state index in [1.54, 1.807) is 0 Å². The number of hydrogen-bond acceptors (Lipinski definition) is 3. The average Bonchev–Trinajstić information content (AvgIpc) is 2.62. The number of likely N-dealkylation sites (N-methyl/N-ethyl adjacent to an activating group) is 1. The van der Waals surface area contributed by atoms with E-state index in [-0.39, 0.29) is 0 Å². The summed E-state index contributed by atoms with van der Waals surface area (Å²) in [6, 6.07) is 5.57. The van der Waals surface area contributed by atoms with E-state index in [0.717, 1.165) is 13.1 Å². The van der Waals surface area contributed by atoms with Gasteiger partial charge in [0.1, 0.15) is 0 Å². The molecule has 1 aliphatic rings. The zero-order valence-electron chi connectivity index (χ0n) is 8.16. The number of nitrogens with zero attached hydrogens (tertiary/aromatic N) is 1. The van der Waals surface area contributed by atoms with Crippen LogP contribution in [0.3, 0.4) is 0 Å². The Hall–Kier alpha value is -0.380. The lowest BCUT2D eigenvalue weighted by Gasteiger charge is -2.37. The summed E-state index contributed by atoms with van der Waals surface area (Å²) in [6.07, 6.45) is 0. The van der Waals surface area contributed by atoms with Gasteiger partial charge in [0.15, 0.2) is 0 Å². The summed E-state index contributed by atoms with van der Waals surface area (Å²) in [5.74, 6) is 0. The molecule has 0 amide bonds. The summed E-state index contributed by atoms with van der Waals surface area (Å²) in [7, 11) is 2.22. The lowest BCUT2D eigenvalue weighted by molar-refractivity contribution is 0.144. The van der Waals surface area contributed by atoms with Crippen LogP contribution in [-0.4, -0.2) is 31.1 Å². The molecule has 1 saturated heterocycles. The van der Waals surface area contributed by atoms with Crippen molar-refractivity contribution in [2.75, 3.05) is 20.1 Å². The maximum atomic E-state index is 3.47. The van der Waals surface area contributed by atoms with Crippen LogP contribution in [0.25, 0.3) is 0 Å². The first kappa shape index (κ1) is 9.19. The number of nitrogens with one attached hydrogen (secondary N) is 1. The van der Waals surface area contributed by atoms with Gasteiger partial charge in [-0.05, 0) is 25.4 Å². The van der Waals surface area contributed by atoms with E-state index in [1.165, 1.54) is 4.88 Å². The van der Waals surface area contributed by atoms with E-state index >= 15 is 0 Å². The van der Waals surface area contributed by atoms with Crippen molar-refractivity contribution in [2.45, 2.75) is 19.0 Å². The molecule has 2 heterocycles. The van der Waals surface area contributed by atoms with Crippen LogP contribution in [0.5, 0.6) is 0 Å². The Morgan fingerprint density at radius 1 is 1.54 bits per heavy atom. The second kappa shape index (κ2) is 3.78. The molecule has 1 aromatic heterocycles. The summed E-state index contributed by atoms with van der Waals surface area (Å²) < 4.78 is 0. The fourth-order valence-electron chi connectivity index (χ4n) is 1.81. The summed E-state index contributed by atoms with van der Waals surface area (Å²) in [4.78, 5) is 3.93. The Balaban J connectivity index is 2.14. The van der Waals surface area contributed by atoms with Crippen LogP contribution < -0.4 is 5.32 Å². The molecule has 1 N–H and O–H groups in total. The SMILES string of the molecule is C[C@H]1CNCC(c2cccs2)N1C. The van der Waals surface area contributed by atoms with Crippen LogP contribution in [-0.2, 0) is 0 Å². The molecule has 0 spiro atoms. The van der Waals surface area contributed by atoms with Crippen molar-refractivity contribution in [3.63, 3.8) is 0 Å². The predicted molar refractivity (Wildman–Crippen MR) is 57.2 cm³/mol. The van der Waals surface area contributed by atoms with Crippen LogP contribution in [0.1, 0.15) is 17.8 Å². The number of piperazine rings is 1. The van der Waals surface area contributed by atoms with Crippen molar-refractivity contribution < 1.29 is 0 Å². The highest BCUT2D eigenvalue weighted by Crippen LogP contribution is 2.26. The van der Waals surface area contributed by atoms with Crippen molar-refractivity contribution in [2.24, 2.45) is 0 Å². The molecule has 2 nitrogen and oxygen atoms in total. The highest BCUT2D eigenvalue weighted by molar-refractivity contribution is 7.10. The fraction of sp³-hybridized carbons (Fsp3) is 0.600. The Morgan fingerprint density at radius 2 is 2.38 bits per heavy atom. The molecule has 1 fully saturated rings. The molecule has 0 saturated carbocycles. The Labute approximate surface area is 83.6 Å². The van der Waals surface area contributed by atoms with E-state index in [1.807, 2.05) is 11.3 Å². The third-order valence-electron chi connectivity index (χ3n) is 2.84.